The van der Waals surface area contributed by atoms with Crippen molar-refractivity contribution in [3.63, 3.8) is 0 Å². The Morgan fingerprint density at radius 3 is 2.23 bits per heavy atom. The predicted octanol–water partition coefficient (Wildman–Crippen LogP) is 3.65. The molecule has 1 aliphatic carbocycles. The van der Waals surface area contributed by atoms with Gasteiger partial charge < -0.3 is 15.0 Å². The first-order valence-electron chi connectivity index (χ1n) is 8.45. The van der Waals surface area contributed by atoms with Crippen molar-refractivity contribution in [2.24, 2.45) is 10.4 Å². The second-order valence-electron chi connectivity index (χ2n) is 8.10. The number of nitrogens with zero attached hydrogens (tertiary/aromatic N) is 2. The van der Waals surface area contributed by atoms with Crippen molar-refractivity contribution in [1.82, 2.24) is 10.2 Å². The molecule has 0 amide bonds. The lowest BCUT2D eigenvalue weighted by Crippen LogP contribution is -2.49. The monoisotopic (exact) mass is 423 g/mol. The lowest BCUT2D eigenvalue weighted by molar-refractivity contribution is -0.0773. The van der Waals surface area contributed by atoms with Gasteiger partial charge in [0.15, 0.2) is 5.96 Å². The minimum atomic E-state index is -0.0382. The maximum absolute atomic E-state index is 6.11. The van der Waals surface area contributed by atoms with Crippen LogP contribution in [-0.4, -0.2) is 48.2 Å². The van der Waals surface area contributed by atoms with E-state index >= 15 is 0 Å². The van der Waals surface area contributed by atoms with E-state index in [1.54, 1.807) is 0 Å². The predicted molar refractivity (Wildman–Crippen MR) is 104 cm³/mol. The topological polar surface area (TPSA) is 36.9 Å². The summed E-state index contributed by atoms with van der Waals surface area (Å²) in [5.74, 6) is 1.10. The molecule has 0 aromatic carbocycles. The van der Waals surface area contributed by atoms with Crippen LogP contribution in [0.4, 0.5) is 0 Å². The van der Waals surface area contributed by atoms with Gasteiger partial charge in [0, 0.05) is 25.7 Å². The van der Waals surface area contributed by atoms with Gasteiger partial charge in [-0.25, -0.2) is 0 Å². The Morgan fingerprint density at radius 2 is 1.82 bits per heavy atom. The van der Waals surface area contributed by atoms with Crippen molar-refractivity contribution in [2.45, 2.75) is 78.6 Å². The summed E-state index contributed by atoms with van der Waals surface area (Å²) in [5.41, 5.74) is 0.394. The molecule has 0 aromatic heterocycles. The van der Waals surface area contributed by atoms with E-state index in [9.17, 15) is 0 Å². The standard InChI is InChI=1S/C17H33N3O.HI/c1-7-18-15(19-14-12-17(14,5)6)20-10-8-13(9-11-20)21-16(2,3)4;/h13-14H,7-12H2,1-6H3,(H,18,19);1H. The summed E-state index contributed by atoms with van der Waals surface area (Å²) in [5, 5.41) is 3.65. The van der Waals surface area contributed by atoms with Gasteiger partial charge in [-0.1, -0.05) is 13.8 Å². The van der Waals surface area contributed by atoms with E-state index in [0.29, 0.717) is 17.6 Å². The van der Waals surface area contributed by atoms with Gasteiger partial charge in [0.1, 0.15) is 0 Å². The maximum atomic E-state index is 6.11. The van der Waals surface area contributed by atoms with Gasteiger partial charge in [-0.15, -0.1) is 24.0 Å². The van der Waals surface area contributed by atoms with Crippen molar-refractivity contribution >= 4 is 29.9 Å². The minimum absolute atomic E-state index is 0. The smallest absolute Gasteiger partial charge is 0.194 e. The van der Waals surface area contributed by atoms with E-state index in [1.807, 2.05) is 0 Å². The van der Waals surface area contributed by atoms with Crippen LogP contribution in [0.5, 0.6) is 0 Å². The number of rotatable bonds is 3. The molecule has 130 valence electrons. The third kappa shape index (κ3) is 5.87. The number of aliphatic imine (C=N–C) groups is 1. The molecule has 1 atom stereocenters. The lowest BCUT2D eigenvalue weighted by atomic mass is 10.1. The molecular formula is C17H34IN3O. The quantitative estimate of drug-likeness (QED) is 0.428. The van der Waals surface area contributed by atoms with E-state index in [2.05, 4.69) is 56.8 Å². The van der Waals surface area contributed by atoms with Crippen molar-refractivity contribution < 1.29 is 4.74 Å². The normalized spacial score (nSPS) is 25.6. The molecular weight excluding hydrogens is 389 g/mol. The van der Waals surface area contributed by atoms with E-state index < -0.39 is 0 Å². The molecule has 1 aliphatic heterocycles. The number of guanidine groups is 1. The third-order valence-electron chi connectivity index (χ3n) is 4.39. The lowest BCUT2D eigenvalue weighted by Gasteiger charge is -2.37. The molecule has 0 radical (unpaired) electrons. The van der Waals surface area contributed by atoms with Gasteiger partial charge in [-0.2, -0.15) is 0 Å². The van der Waals surface area contributed by atoms with Gasteiger partial charge in [0.25, 0.3) is 0 Å². The highest BCUT2D eigenvalue weighted by Gasteiger charge is 2.46. The fourth-order valence-electron chi connectivity index (χ4n) is 2.94. The van der Waals surface area contributed by atoms with E-state index in [0.717, 1.165) is 38.4 Å². The van der Waals surface area contributed by atoms with Crippen molar-refractivity contribution in [3.8, 4) is 0 Å². The molecule has 0 bridgehead atoms. The molecule has 1 heterocycles. The fraction of sp³-hybridized carbons (Fsp3) is 0.941. The molecule has 5 heteroatoms. The molecule has 2 rings (SSSR count). The van der Waals surface area contributed by atoms with Gasteiger partial charge in [0.2, 0.25) is 0 Å². The van der Waals surface area contributed by atoms with Crippen molar-refractivity contribution in [3.05, 3.63) is 0 Å². The molecule has 1 unspecified atom stereocenters. The molecule has 1 N–H and O–H groups in total. The number of nitrogens with one attached hydrogen (secondary N) is 1. The first kappa shape index (κ1) is 20.0. The van der Waals surface area contributed by atoms with E-state index in [1.165, 1.54) is 6.42 Å². The molecule has 2 fully saturated rings. The summed E-state index contributed by atoms with van der Waals surface area (Å²) < 4.78 is 6.11. The summed E-state index contributed by atoms with van der Waals surface area (Å²) in [6, 6.07) is 0.589. The Balaban J connectivity index is 0.00000242. The SMILES string of the molecule is CCN=C(NC1CC1(C)C)N1CCC(OC(C)(C)C)CC1.I. The molecule has 22 heavy (non-hydrogen) atoms. The Hall–Kier alpha value is -0.0400. The zero-order valence-electron chi connectivity index (χ0n) is 15.1. The highest BCUT2D eigenvalue weighted by Crippen LogP contribution is 2.44. The van der Waals surface area contributed by atoms with E-state index in [-0.39, 0.29) is 29.6 Å². The van der Waals surface area contributed by atoms with Gasteiger partial charge >= 0.3 is 0 Å². The number of likely N-dealkylation sites (tertiary alicyclic amines) is 1. The second-order valence-corrected chi connectivity index (χ2v) is 8.10. The van der Waals surface area contributed by atoms with Crippen LogP contribution in [0.2, 0.25) is 0 Å². The largest absolute Gasteiger partial charge is 0.372 e. The van der Waals surface area contributed by atoms with Gasteiger partial charge in [-0.05, 0) is 52.4 Å². The van der Waals surface area contributed by atoms with Crippen LogP contribution in [0.1, 0.15) is 60.8 Å². The number of ether oxygens (including phenoxy) is 1. The van der Waals surface area contributed by atoms with Crippen LogP contribution in [0.15, 0.2) is 4.99 Å². The first-order chi connectivity index (χ1) is 9.71. The van der Waals surface area contributed by atoms with Gasteiger partial charge in [0.05, 0.1) is 11.7 Å². The van der Waals surface area contributed by atoms with Crippen LogP contribution >= 0.6 is 24.0 Å². The number of hydrogen-bond donors (Lipinski definition) is 1. The van der Waals surface area contributed by atoms with Crippen LogP contribution in [0.3, 0.4) is 0 Å². The molecule has 1 saturated carbocycles. The zero-order valence-corrected chi connectivity index (χ0v) is 17.4. The Labute approximate surface area is 153 Å². The van der Waals surface area contributed by atoms with Crippen LogP contribution in [0, 0.1) is 5.41 Å². The summed E-state index contributed by atoms with van der Waals surface area (Å²) in [6.07, 6.45) is 3.83. The average Bonchev–Trinajstić information content (AvgIpc) is 2.95. The summed E-state index contributed by atoms with van der Waals surface area (Å²) in [6.45, 7) is 16.1. The van der Waals surface area contributed by atoms with Crippen LogP contribution < -0.4 is 5.32 Å². The van der Waals surface area contributed by atoms with Crippen LogP contribution in [0.25, 0.3) is 0 Å². The summed E-state index contributed by atoms with van der Waals surface area (Å²) in [7, 11) is 0. The van der Waals surface area contributed by atoms with Gasteiger partial charge in [-0.3, -0.25) is 4.99 Å². The fourth-order valence-corrected chi connectivity index (χ4v) is 2.94. The highest BCUT2D eigenvalue weighted by molar-refractivity contribution is 14.0. The highest BCUT2D eigenvalue weighted by atomic mass is 127. The number of piperidine rings is 1. The van der Waals surface area contributed by atoms with Crippen molar-refractivity contribution in [1.29, 1.82) is 0 Å². The summed E-state index contributed by atoms with van der Waals surface area (Å²) >= 11 is 0. The molecule has 4 nitrogen and oxygen atoms in total. The second kappa shape index (κ2) is 7.69. The maximum Gasteiger partial charge on any atom is 0.194 e. The number of hydrogen-bond acceptors (Lipinski definition) is 2. The Morgan fingerprint density at radius 1 is 1.27 bits per heavy atom. The molecule has 0 aromatic rings. The Kier molecular flexibility index (Phi) is 6.99. The molecule has 0 spiro atoms. The van der Waals surface area contributed by atoms with Crippen molar-refractivity contribution in [2.75, 3.05) is 19.6 Å². The zero-order chi connectivity index (χ0) is 15.7. The minimum Gasteiger partial charge on any atom is -0.372 e. The number of halogens is 1. The summed E-state index contributed by atoms with van der Waals surface area (Å²) in [4.78, 5) is 7.09. The molecule has 2 aliphatic rings. The third-order valence-corrected chi connectivity index (χ3v) is 4.39. The Bertz CT molecular complexity index is 382. The average molecular weight is 423 g/mol. The first-order valence-corrected chi connectivity index (χ1v) is 8.45. The van der Waals surface area contributed by atoms with Crippen LogP contribution in [-0.2, 0) is 4.74 Å². The van der Waals surface area contributed by atoms with E-state index in [4.69, 9.17) is 4.74 Å². The molecule has 1 saturated heterocycles.